The van der Waals surface area contributed by atoms with Crippen LogP contribution in [0.3, 0.4) is 0 Å². The van der Waals surface area contributed by atoms with E-state index in [2.05, 4.69) is 5.32 Å². The van der Waals surface area contributed by atoms with Gasteiger partial charge in [-0.25, -0.2) is 0 Å². The van der Waals surface area contributed by atoms with Crippen molar-refractivity contribution in [3.8, 4) is 6.07 Å². The number of hydrogen-bond acceptors (Lipinski definition) is 4. The van der Waals surface area contributed by atoms with Crippen molar-refractivity contribution in [2.75, 3.05) is 11.9 Å². The van der Waals surface area contributed by atoms with Gasteiger partial charge in [-0.2, -0.15) is 18.4 Å². The van der Waals surface area contributed by atoms with E-state index in [9.17, 15) is 23.3 Å². The number of alkyl halides is 3. The van der Waals surface area contributed by atoms with Crippen LogP contribution in [-0.4, -0.2) is 17.6 Å². The van der Waals surface area contributed by atoms with E-state index in [0.29, 0.717) is 0 Å². The molecule has 0 aromatic heterocycles. The number of nitrogens with zero attached hydrogens (tertiary/aromatic N) is 2. The molecule has 18 heavy (non-hydrogen) atoms. The molecule has 0 aliphatic heterocycles. The highest BCUT2D eigenvalue weighted by molar-refractivity contribution is 5.64. The quantitative estimate of drug-likeness (QED) is 0.666. The minimum atomic E-state index is -4.34. The maximum atomic E-state index is 11.9. The second-order valence-electron chi connectivity index (χ2n) is 3.39. The van der Waals surface area contributed by atoms with E-state index in [1.54, 1.807) is 6.07 Å². The SMILES string of the molecule is N#Cc1ccc([N+](=O)[O-])c(NCCC(F)(F)F)c1. The van der Waals surface area contributed by atoms with Crippen molar-refractivity contribution in [1.29, 1.82) is 5.26 Å². The number of rotatable bonds is 4. The Labute approximate surface area is 100.0 Å². The number of nitro benzene ring substituents is 1. The lowest BCUT2D eigenvalue weighted by Crippen LogP contribution is -2.15. The predicted molar refractivity (Wildman–Crippen MR) is 57.0 cm³/mol. The summed E-state index contributed by atoms with van der Waals surface area (Å²) < 4.78 is 35.8. The van der Waals surface area contributed by atoms with Crippen LogP contribution in [0.25, 0.3) is 0 Å². The minimum absolute atomic E-state index is 0.0942. The smallest absolute Gasteiger partial charge is 0.379 e. The molecule has 5 nitrogen and oxygen atoms in total. The average molecular weight is 259 g/mol. The summed E-state index contributed by atoms with van der Waals surface area (Å²) in [6, 6.07) is 5.21. The van der Waals surface area contributed by atoms with E-state index < -0.39 is 24.1 Å². The molecule has 0 aliphatic rings. The van der Waals surface area contributed by atoms with Crippen LogP contribution in [0.5, 0.6) is 0 Å². The number of hydrogen-bond donors (Lipinski definition) is 1. The second kappa shape index (κ2) is 5.35. The molecule has 0 spiro atoms. The summed E-state index contributed by atoms with van der Waals surface area (Å²) >= 11 is 0. The first-order valence-corrected chi connectivity index (χ1v) is 4.82. The third-order valence-electron chi connectivity index (χ3n) is 2.05. The van der Waals surface area contributed by atoms with Crippen LogP contribution in [0, 0.1) is 21.4 Å². The maximum absolute atomic E-state index is 11.9. The van der Waals surface area contributed by atoms with Gasteiger partial charge in [0.05, 0.1) is 23.0 Å². The van der Waals surface area contributed by atoms with E-state index in [4.69, 9.17) is 5.26 Å². The zero-order valence-electron chi connectivity index (χ0n) is 8.99. The first-order chi connectivity index (χ1) is 8.33. The number of anilines is 1. The van der Waals surface area contributed by atoms with Crippen molar-refractivity contribution in [1.82, 2.24) is 0 Å². The third kappa shape index (κ3) is 3.93. The van der Waals surface area contributed by atoms with Gasteiger partial charge in [0.1, 0.15) is 5.69 Å². The van der Waals surface area contributed by atoms with Crippen LogP contribution >= 0.6 is 0 Å². The molecule has 0 bridgehead atoms. The lowest BCUT2D eigenvalue weighted by atomic mass is 10.2. The van der Waals surface area contributed by atoms with Gasteiger partial charge in [0, 0.05) is 12.6 Å². The molecule has 0 saturated carbocycles. The summed E-state index contributed by atoms with van der Waals surface area (Å²) in [5.74, 6) is 0. The predicted octanol–water partition coefficient (Wildman–Crippen LogP) is 2.83. The summed E-state index contributed by atoms with van der Waals surface area (Å²) in [5.41, 5.74) is -0.324. The molecular formula is C10H8F3N3O2. The fourth-order valence-corrected chi connectivity index (χ4v) is 1.25. The fourth-order valence-electron chi connectivity index (χ4n) is 1.25. The monoisotopic (exact) mass is 259 g/mol. The van der Waals surface area contributed by atoms with Crippen LogP contribution in [0.2, 0.25) is 0 Å². The molecule has 8 heteroatoms. The fraction of sp³-hybridized carbons (Fsp3) is 0.300. The zero-order valence-corrected chi connectivity index (χ0v) is 8.99. The summed E-state index contributed by atoms with van der Waals surface area (Å²) in [6.07, 6.45) is -5.45. The lowest BCUT2D eigenvalue weighted by molar-refractivity contribution is -0.384. The van der Waals surface area contributed by atoms with Crippen molar-refractivity contribution >= 4 is 11.4 Å². The van der Waals surface area contributed by atoms with Crippen LogP contribution in [0.4, 0.5) is 24.5 Å². The summed E-state index contributed by atoms with van der Waals surface area (Å²) in [4.78, 5) is 9.92. The lowest BCUT2D eigenvalue weighted by Gasteiger charge is -2.09. The Hall–Kier alpha value is -2.30. The Bertz CT molecular complexity index is 494. The van der Waals surface area contributed by atoms with Crippen LogP contribution in [-0.2, 0) is 0 Å². The molecule has 96 valence electrons. The van der Waals surface area contributed by atoms with Crippen molar-refractivity contribution in [2.24, 2.45) is 0 Å². The molecular weight excluding hydrogens is 251 g/mol. The van der Waals surface area contributed by atoms with Crippen molar-refractivity contribution in [3.63, 3.8) is 0 Å². The van der Waals surface area contributed by atoms with Gasteiger partial charge in [0.15, 0.2) is 0 Å². The molecule has 0 unspecified atom stereocenters. The largest absolute Gasteiger partial charge is 0.390 e. The third-order valence-corrected chi connectivity index (χ3v) is 2.05. The Morgan fingerprint density at radius 3 is 2.61 bits per heavy atom. The van der Waals surface area contributed by atoms with Gasteiger partial charge in [-0.3, -0.25) is 10.1 Å². The summed E-state index contributed by atoms with van der Waals surface area (Å²) in [6.45, 7) is -0.487. The van der Waals surface area contributed by atoms with Gasteiger partial charge in [-0.05, 0) is 12.1 Å². The normalized spacial score (nSPS) is 10.8. The van der Waals surface area contributed by atoms with Gasteiger partial charge in [0.2, 0.25) is 0 Å². The highest BCUT2D eigenvalue weighted by Gasteiger charge is 2.26. The Kier molecular flexibility index (Phi) is 4.09. The van der Waals surface area contributed by atoms with E-state index in [-0.39, 0.29) is 16.9 Å². The molecule has 0 radical (unpaired) electrons. The minimum Gasteiger partial charge on any atom is -0.379 e. The molecule has 1 N–H and O–H groups in total. The van der Waals surface area contributed by atoms with E-state index in [0.717, 1.165) is 12.1 Å². The zero-order chi connectivity index (χ0) is 13.8. The van der Waals surface area contributed by atoms with Gasteiger partial charge < -0.3 is 5.32 Å². The van der Waals surface area contributed by atoms with Crippen molar-refractivity contribution in [2.45, 2.75) is 12.6 Å². The average Bonchev–Trinajstić information content (AvgIpc) is 2.26. The molecule has 1 rings (SSSR count). The molecule has 0 atom stereocenters. The summed E-state index contributed by atoms with van der Waals surface area (Å²) in [7, 11) is 0. The van der Waals surface area contributed by atoms with E-state index in [1.807, 2.05) is 0 Å². The molecule has 0 saturated heterocycles. The van der Waals surface area contributed by atoms with Crippen molar-refractivity contribution in [3.05, 3.63) is 33.9 Å². The standard InChI is InChI=1S/C10H8F3N3O2/c11-10(12,13)3-4-15-8-5-7(6-14)1-2-9(8)16(17)18/h1-2,5,15H,3-4H2. The maximum Gasteiger partial charge on any atom is 0.390 e. The Balaban J connectivity index is 2.85. The topological polar surface area (TPSA) is 79.0 Å². The Morgan fingerprint density at radius 2 is 2.11 bits per heavy atom. The van der Waals surface area contributed by atoms with Gasteiger partial charge in [-0.1, -0.05) is 0 Å². The highest BCUT2D eigenvalue weighted by atomic mass is 19.4. The van der Waals surface area contributed by atoms with E-state index >= 15 is 0 Å². The highest BCUT2D eigenvalue weighted by Crippen LogP contribution is 2.26. The molecule has 1 aromatic carbocycles. The molecule has 0 amide bonds. The van der Waals surface area contributed by atoms with Crippen LogP contribution in [0.15, 0.2) is 18.2 Å². The first kappa shape index (κ1) is 13.8. The molecule has 0 aliphatic carbocycles. The van der Waals surface area contributed by atoms with Gasteiger partial charge >= 0.3 is 6.18 Å². The number of halogens is 3. The molecule has 1 aromatic rings. The second-order valence-corrected chi connectivity index (χ2v) is 3.39. The molecule has 0 heterocycles. The molecule has 0 fully saturated rings. The summed E-state index contributed by atoms with van der Waals surface area (Å²) in [5, 5.41) is 21.6. The van der Waals surface area contributed by atoms with Crippen LogP contribution in [0.1, 0.15) is 12.0 Å². The van der Waals surface area contributed by atoms with Crippen LogP contribution < -0.4 is 5.32 Å². The number of nitrogens with one attached hydrogen (secondary N) is 1. The first-order valence-electron chi connectivity index (χ1n) is 4.82. The Morgan fingerprint density at radius 1 is 1.44 bits per heavy atom. The van der Waals surface area contributed by atoms with Crippen molar-refractivity contribution < 1.29 is 18.1 Å². The number of benzene rings is 1. The number of nitriles is 1. The van der Waals surface area contributed by atoms with E-state index in [1.165, 1.54) is 6.07 Å². The number of nitro groups is 1. The van der Waals surface area contributed by atoms with Gasteiger partial charge in [0.25, 0.3) is 5.69 Å². The van der Waals surface area contributed by atoms with Gasteiger partial charge in [-0.15, -0.1) is 0 Å².